The van der Waals surface area contributed by atoms with Gasteiger partial charge in [-0.15, -0.1) is 0 Å². The number of carbonyl (C=O) groups is 1. The Morgan fingerprint density at radius 1 is 1.43 bits per heavy atom. The lowest BCUT2D eigenvalue weighted by molar-refractivity contribution is 0.0696. The van der Waals surface area contributed by atoms with Gasteiger partial charge in [-0.05, 0) is 24.5 Å². The van der Waals surface area contributed by atoms with Crippen LogP contribution in [0.3, 0.4) is 0 Å². The number of aromatic carboxylic acids is 1. The molecule has 0 aromatic heterocycles. The van der Waals surface area contributed by atoms with Gasteiger partial charge in [-0.1, -0.05) is 32.4 Å². The summed E-state index contributed by atoms with van der Waals surface area (Å²) in [6, 6.07) is 1.23. The molecule has 0 bridgehead atoms. The van der Waals surface area contributed by atoms with Gasteiger partial charge in [0.2, 0.25) is 10.0 Å². The van der Waals surface area contributed by atoms with Crippen molar-refractivity contribution in [3.63, 3.8) is 0 Å². The van der Waals surface area contributed by atoms with Crippen LogP contribution in [0.15, 0.2) is 17.0 Å². The summed E-state index contributed by atoms with van der Waals surface area (Å²) < 4.78 is 40.5. The van der Waals surface area contributed by atoms with Crippen LogP contribution >= 0.6 is 11.6 Å². The third kappa shape index (κ3) is 4.15. The summed E-state index contributed by atoms with van der Waals surface area (Å²) in [5.41, 5.74) is -0.588. The van der Waals surface area contributed by atoms with E-state index in [0.29, 0.717) is 12.5 Å². The highest BCUT2D eigenvalue weighted by atomic mass is 35.5. The molecular formula is C13H17ClFNO4S. The molecule has 0 spiro atoms. The number of hydrogen-bond acceptors (Lipinski definition) is 3. The Hall–Kier alpha value is -1.18. The van der Waals surface area contributed by atoms with Crippen LogP contribution in [0.2, 0.25) is 5.02 Å². The summed E-state index contributed by atoms with van der Waals surface area (Å²) in [4.78, 5) is 10.5. The van der Waals surface area contributed by atoms with E-state index in [0.717, 1.165) is 6.07 Å². The highest BCUT2D eigenvalue weighted by molar-refractivity contribution is 7.89. The summed E-state index contributed by atoms with van der Waals surface area (Å²) in [5, 5.41) is 8.32. The summed E-state index contributed by atoms with van der Waals surface area (Å²) in [7, 11) is -4.02. The molecule has 0 heterocycles. The molecule has 0 aliphatic carbocycles. The first-order valence-electron chi connectivity index (χ1n) is 6.34. The van der Waals surface area contributed by atoms with Crippen LogP contribution in [0, 0.1) is 11.7 Å². The topological polar surface area (TPSA) is 83.5 Å². The SMILES string of the molecule is CCC(NS(=O)(=O)c1cc(F)c(Cl)c(C(=O)O)c1)C(C)C. The third-order valence-electron chi connectivity index (χ3n) is 3.09. The smallest absolute Gasteiger partial charge is 0.337 e. The minimum Gasteiger partial charge on any atom is -0.478 e. The van der Waals surface area contributed by atoms with E-state index in [1.165, 1.54) is 0 Å². The molecule has 0 aliphatic heterocycles. The van der Waals surface area contributed by atoms with Gasteiger partial charge in [-0.3, -0.25) is 0 Å². The maximum absolute atomic E-state index is 13.6. The number of rotatable bonds is 6. The molecule has 21 heavy (non-hydrogen) atoms. The lowest BCUT2D eigenvalue weighted by atomic mass is 10.0. The predicted molar refractivity (Wildman–Crippen MR) is 77.6 cm³/mol. The Balaban J connectivity index is 3.29. The van der Waals surface area contributed by atoms with Crippen LogP contribution in [-0.2, 0) is 10.0 Å². The molecule has 1 aromatic rings. The first kappa shape index (κ1) is 17.9. The van der Waals surface area contributed by atoms with E-state index in [1.807, 2.05) is 20.8 Å². The van der Waals surface area contributed by atoms with Gasteiger partial charge in [0.05, 0.1) is 15.5 Å². The normalized spacial score (nSPS) is 13.4. The molecule has 0 aliphatic rings. The molecule has 1 unspecified atom stereocenters. The van der Waals surface area contributed by atoms with E-state index in [4.69, 9.17) is 16.7 Å². The first-order chi connectivity index (χ1) is 9.60. The second-order valence-corrected chi connectivity index (χ2v) is 7.04. The Kier molecular flexibility index (Phi) is 5.72. The van der Waals surface area contributed by atoms with Crippen LogP contribution in [0.4, 0.5) is 4.39 Å². The molecule has 0 radical (unpaired) electrons. The standard InChI is InChI=1S/C13H17ClFNO4S/c1-4-11(7(2)3)16-21(19,20)8-5-9(13(17)18)12(14)10(15)6-8/h5-7,11,16H,4H2,1-3H3,(H,17,18). The first-order valence-corrected chi connectivity index (χ1v) is 8.21. The second-order valence-electron chi connectivity index (χ2n) is 4.95. The highest BCUT2D eigenvalue weighted by Crippen LogP contribution is 2.25. The summed E-state index contributed by atoms with van der Waals surface area (Å²) in [6.07, 6.45) is 0.554. The fraction of sp³-hybridized carbons (Fsp3) is 0.462. The van der Waals surface area contributed by atoms with Crippen molar-refractivity contribution >= 4 is 27.6 Å². The fourth-order valence-corrected chi connectivity index (χ4v) is 3.53. The molecule has 1 aromatic carbocycles. The fourth-order valence-electron chi connectivity index (χ4n) is 1.83. The van der Waals surface area contributed by atoms with Crippen molar-refractivity contribution in [1.82, 2.24) is 4.72 Å². The van der Waals surface area contributed by atoms with Gasteiger partial charge < -0.3 is 5.11 Å². The molecule has 0 saturated carbocycles. The third-order valence-corrected chi connectivity index (χ3v) is 4.95. The average molecular weight is 338 g/mol. The van der Waals surface area contributed by atoms with E-state index in [-0.39, 0.29) is 12.0 Å². The van der Waals surface area contributed by atoms with Gasteiger partial charge in [-0.25, -0.2) is 22.3 Å². The van der Waals surface area contributed by atoms with Gasteiger partial charge in [-0.2, -0.15) is 0 Å². The maximum atomic E-state index is 13.6. The molecule has 1 rings (SSSR count). The zero-order chi connectivity index (χ0) is 16.4. The molecular weight excluding hydrogens is 321 g/mol. The van der Waals surface area contributed by atoms with Gasteiger partial charge in [0.25, 0.3) is 0 Å². The molecule has 0 saturated heterocycles. The number of carboxylic acids is 1. The summed E-state index contributed by atoms with van der Waals surface area (Å²) in [6.45, 7) is 5.52. The van der Waals surface area contributed by atoms with E-state index in [1.54, 1.807) is 0 Å². The lowest BCUT2D eigenvalue weighted by Crippen LogP contribution is -2.38. The van der Waals surface area contributed by atoms with E-state index in [9.17, 15) is 17.6 Å². The number of nitrogens with one attached hydrogen (secondary N) is 1. The molecule has 1 atom stereocenters. The molecule has 0 fully saturated rings. The van der Waals surface area contributed by atoms with Crippen molar-refractivity contribution in [3.8, 4) is 0 Å². The minimum atomic E-state index is -4.02. The minimum absolute atomic E-state index is 0.0425. The van der Waals surface area contributed by atoms with Crippen molar-refractivity contribution in [2.75, 3.05) is 0 Å². The van der Waals surface area contributed by atoms with Crippen LogP contribution in [0.1, 0.15) is 37.6 Å². The van der Waals surface area contributed by atoms with Gasteiger partial charge in [0.15, 0.2) is 0 Å². The maximum Gasteiger partial charge on any atom is 0.337 e. The van der Waals surface area contributed by atoms with E-state index in [2.05, 4.69) is 4.72 Å². The Morgan fingerprint density at radius 3 is 2.43 bits per heavy atom. The second kappa shape index (κ2) is 6.72. The van der Waals surface area contributed by atoms with Crippen molar-refractivity contribution in [2.24, 2.45) is 5.92 Å². The highest BCUT2D eigenvalue weighted by Gasteiger charge is 2.25. The van der Waals surface area contributed by atoms with Crippen molar-refractivity contribution in [1.29, 1.82) is 0 Å². The lowest BCUT2D eigenvalue weighted by Gasteiger charge is -2.20. The number of benzene rings is 1. The zero-order valence-electron chi connectivity index (χ0n) is 11.9. The molecule has 0 amide bonds. The van der Waals surface area contributed by atoms with Gasteiger partial charge in [0.1, 0.15) is 5.82 Å². The Bertz CT molecular complexity index is 646. The molecule has 118 valence electrons. The predicted octanol–water partition coefficient (Wildman–Crippen LogP) is 2.89. The van der Waals surface area contributed by atoms with E-state index >= 15 is 0 Å². The van der Waals surface area contributed by atoms with Crippen molar-refractivity contribution in [3.05, 3.63) is 28.5 Å². The number of sulfonamides is 1. The number of halogens is 2. The number of hydrogen-bond donors (Lipinski definition) is 2. The van der Waals surface area contributed by atoms with Gasteiger partial charge >= 0.3 is 5.97 Å². The van der Waals surface area contributed by atoms with Crippen LogP contribution in [-0.4, -0.2) is 25.5 Å². The monoisotopic (exact) mass is 337 g/mol. The number of carboxylic acid groups (broad SMARTS) is 1. The van der Waals surface area contributed by atoms with Crippen LogP contribution in [0.5, 0.6) is 0 Å². The summed E-state index contributed by atoms with van der Waals surface area (Å²) >= 11 is 5.52. The largest absolute Gasteiger partial charge is 0.478 e. The molecule has 2 N–H and O–H groups in total. The van der Waals surface area contributed by atoms with Crippen LogP contribution < -0.4 is 4.72 Å². The zero-order valence-corrected chi connectivity index (χ0v) is 13.4. The Labute approximate surface area is 128 Å². The van der Waals surface area contributed by atoms with Crippen LogP contribution in [0.25, 0.3) is 0 Å². The molecule has 5 nitrogen and oxygen atoms in total. The average Bonchev–Trinajstić information content (AvgIpc) is 2.38. The van der Waals surface area contributed by atoms with Gasteiger partial charge in [0, 0.05) is 6.04 Å². The summed E-state index contributed by atoms with van der Waals surface area (Å²) in [5.74, 6) is -2.54. The Morgan fingerprint density at radius 2 is 2.00 bits per heavy atom. The molecule has 8 heteroatoms. The van der Waals surface area contributed by atoms with Crippen molar-refractivity contribution < 1.29 is 22.7 Å². The quantitative estimate of drug-likeness (QED) is 0.836. The van der Waals surface area contributed by atoms with E-state index < -0.39 is 37.3 Å². The van der Waals surface area contributed by atoms with Crippen molar-refractivity contribution in [2.45, 2.75) is 38.1 Å².